The van der Waals surface area contributed by atoms with Crippen LogP contribution in [0.15, 0.2) is 29.4 Å². The second-order valence-electron chi connectivity index (χ2n) is 6.27. The molecule has 0 saturated heterocycles. The van der Waals surface area contributed by atoms with Crippen LogP contribution in [0.3, 0.4) is 0 Å². The Labute approximate surface area is 160 Å². The third-order valence-corrected chi connectivity index (χ3v) is 3.82. The first kappa shape index (κ1) is 23.4. The van der Waals surface area contributed by atoms with Gasteiger partial charge in [-0.3, -0.25) is 0 Å². The molecule has 1 rings (SSSR count). The monoisotopic (exact) mass is 388 g/mol. The van der Waals surface area contributed by atoms with E-state index in [0.717, 1.165) is 51.0 Å². The van der Waals surface area contributed by atoms with Crippen molar-refractivity contribution in [1.82, 2.24) is 5.32 Å². The maximum atomic E-state index is 12.7. The summed E-state index contributed by atoms with van der Waals surface area (Å²) in [5, 5.41) is 7.38. The molecule has 0 bridgehead atoms. The van der Waals surface area contributed by atoms with E-state index in [0.29, 0.717) is 37.5 Å². The van der Waals surface area contributed by atoms with E-state index in [4.69, 9.17) is 9.57 Å². The summed E-state index contributed by atoms with van der Waals surface area (Å²) in [5.41, 5.74) is 0.650. The fourth-order valence-corrected chi connectivity index (χ4v) is 2.38. The molecule has 4 nitrogen and oxygen atoms in total. The summed E-state index contributed by atoms with van der Waals surface area (Å²) in [6.45, 7) is 7.58. The zero-order valence-electron chi connectivity index (χ0n) is 16.3. The number of ether oxygens (including phenoxy) is 1. The van der Waals surface area contributed by atoms with E-state index in [1.807, 2.05) is 0 Å². The molecule has 1 aromatic carbocycles. The fraction of sp³-hybridized carbons (Fsp3) is 0.650. The maximum Gasteiger partial charge on any atom is 0.416 e. The summed E-state index contributed by atoms with van der Waals surface area (Å²) in [4.78, 5) is 5.36. The van der Waals surface area contributed by atoms with Gasteiger partial charge in [0.1, 0.15) is 6.61 Å². The van der Waals surface area contributed by atoms with Gasteiger partial charge in [-0.25, -0.2) is 0 Å². The first-order valence-electron chi connectivity index (χ1n) is 9.64. The van der Waals surface area contributed by atoms with Gasteiger partial charge in [0.2, 0.25) is 0 Å². The highest BCUT2D eigenvalue weighted by atomic mass is 19.4. The van der Waals surface area contributed by atoms with Gasteiger partial charge in [-0.15, -0.1) is 0 Å². The highest BCUT2D eigenvalue weighted by Crippen LogP contribution is 2.29. The number of unbranched alkanes of at least 4 members (excludes halogenated alkanes) is 1. The van der Waals surface area contributed by atoms with Crippen LogP contribution >= 0.6 is 0 Å². The first-order valence-corrected chi connectivity index (χ1v) is 9.64. The van der Waals surface area contributed by atoms with Crippen molar-refractivity contribution in [2.45, 2.75) is 52.1 Å². The van der Waals surface area contributed by atoms with E-state index in [1.165, 1.54) is 12.1 Å². The molecular weight excluding hydrogens is 357 g/mol. The zero-order chi connectivity index (χ0) is 20.0. The second-order valence-corrected chi connectivity index (χ2v) is 6.27. The van der Waals surface area contributed by atoms with Crippen molar-refractivity contribution >= 4 is 5.71 Å². The molecule has 0 spiro atoms. The molecule has 0 atom stereocenters. The summed E-state index contributed by atoms with van der Waals surface area (Å²) in [6, 6.07) is 5.07. The van der Waals surface area contributed by atoms with Crippen molar-refractivity contribution in [3.63, 3.8) is 0 Å². The van der Waals surface area contributed by atoms with Gasteiger partial charge >= 0.3 is 6.18 Å². The molecule has 0 aliphatic rings. The highest BCUT2D eigenvalue weighted by molar-refractivity contribution is 6.00. The number of halogens is 3. The van der Waals surface area contributed by atoms with Crippen molar-refractivity contribution in [2.75, 3.05) is 32.9 Å². The summed E-state index contributed by atoms with van der Waals surface area (Å²) in [6.07, 6.45) is 0.0220. The van der Waals surface area contributed by atoms with E-state index in [1.54, 1.807) is 0 Å². The van der Waals surface area contributed by atoms with Gasteiger partial charge in [-0.05, 0) is 56.3 Å². The summed E-state index contributed by atoms with van der Waals surface area (Å²) in [7, 11) is 0. The zero-order valence-corrected chi connectivity index (χ0v) is 16.3. The van der Waals surface area contributed by atoms with Crippen molar-refractivity contribution < 1.29 is 22.7 Å². The standard InChI is InChI=1S/C20H31F3N2O2/c1-3-12-24-13-16-27-25-19(7-5-6-15-26-14-4-2)17-8-10-18(11-9-17)20(21,22)23/h8-11,24H,3-7,12-16H2,1-2H3. The molecule has 1 aromatic rings. The van der Waals surface area contributed by atoms with Crippen LogP contribution in [0.5, 0.6) is 0 Å². The molecule has 0 unspecified atom stereocenters. The maximum absolute atomic E-state index is 12.7. The smallest absolute Gasteiger partial charge is 0.394 e. The fourth-order valence-electron chi connectivity index (χ4n) is 2.38. The number of oxime groups is 1. The van der Waals surface area contributed by atoms with Crippen LogP contribution in [0, 0.1) is 0 Å². The molecule has 0 aromatic heterocycles. The minimum atomic E-state index is -4.34. The van der Waals surface area contributed by atoms with Crippen molar-refractivity contribution in [3.8, 4) is 0 Å². The lowest BCUT2D eigenvalue weighted by molar-refractivity contribution is -0.137. The van der Waals surface area contributed by atoms with Crippen LogP contribution in [-0.2, 0) is 15.8 Å². The van der Waals surface area contributed by atoms with E-state index < -0.39 is 11.7 Å². The Kier molecular flexibility index (Phi) is 11.8. The van der Waals surface area contributed by atoms with Crippen LogP contribution in [0.1, 0.15) is 57.1 Å². The van der Waals surface area contributed by atoms with Crippen molar-refractivity contribution in [3.05, 3.63) is 35.4 Å². The Morgan fingerprint density at radius 1 is 0.963 bits per heavy atom. The topological polar surface area (TPSA) is 42.8 Å². The molecule has 7 heteroatoms. The molecule has 0 radical (unpaired) electrons. The number of nitrogens with zero attached hydrogens (tertiary/aromatic N) is 1. The summed E-state index contributed by atoms with van der Waals surface area (Å²) < 4.78 is 43.7. The van der Waals surface area contributed by atoms with Crippen LogP contribution in [0.2, 0.25) is 0 Å². The number of hydrogen-bond donors (Lipinski definition) is 1. The summed E-state index contributed by atoms with van der Waals surface area (Å²) in [5.74, 6) is 0. The Hall–Kier alpha value is -1.60. The van der Waals surface area contributed by atoms with E-state index in [-0.39, 0.29) is 0 Å². The van der Waals surface area contributed by atoms with Gasteiger partial charge in [-0.1, -0.05) is 31.1 Å². The van der Waals surface area contributed by atoms with Crippen LogP contribution in [-0.4, -0.2) is 38.6 Å². The van der Waals surface area contributed by atoms with Crippen molar-refractivity contribution in [1.29, 1.82) is 0 Å². The molecule has 154 valence electrons. The Morgan fingerprint density at radius 2 is 1.70 bits per heavy atom. The Morgan fingerprint density at radius 3 is 2.33 bits per heavy atom. The van der Waals surface area contributed by atoms with E-state index in [9.17, 15) is 13.2 Å². The molecule has 27 heavy (non-hydrogen) atoms. The van der Waals surface area contributed by atoms with Gasteiger partial charge in [0.15, 0.2) is 0 Å². The number of rotatable bonds is 14. The Bertz CT molecular complexity index is 531. The average molecular weight is 388 g/mol. The quantitative estimate of drug-likeness (QED) is 0.276. The average Bonchev–Trinajstić information content (AvgIpc) is 2.65. The third-order valence-electron chi connectivity index (χ3n) is 3.82. The second kappa shape index (κ2) is 13.6. The molecular formula is C20H31F3N2O2. The van der Waals surface area contributed by atoms with E-state index in [2.05, 4.69) is 24.3 Å². The van der Waals surface area contributed by atoms with Gasteiger partial charge in [-0.2, -0.15) is 13.2 Å². The number of hydrogen-bond acceptors (Lipinski definition) is 4. The molecule has 0 amide bonds. The lowest BCUT2D eigenvalue weighted by Gasteiger charge is -2.10. The predicted octanol–water partition coefficient (Wildman–Crippen LogP) is 5.02. The normalized spacial score (nSPS) is 12.4. The first-order chi connectivity index (χ1) is 13.0. The minimum absolute atomic E-state index is 0.420. The highest BCUT2D eigenvalue weighted by Gasteiger charge is 2.30. The van der Waals surface area contributed by atoms with Crippen LogP contribution in [0.25, 0.3) is 0 Å². The van der Waals surface area contributed by atoms with Gasteiger partial charge in [0.25, 0.3) is 0 Å². The molecule has 0 aliphatic heterocycles. The number of benzene rings is 1. The predicted molar refractivity (Wildman–Crippen MR) is 102 cm³/mol. The van der Waals surface area contributed by atoms with Crippen LogP contribution in [0.4, 0.5) is 13.2 Å². The lowest BCUT2D eigenvalue weighted by atomic mass is 10.0. The number of nitrogens with one attached hydrogen (secondary N) is 1. The van der Waals surface area contributed by atoms with Gasteiger partial charge in [0.05, 0.1) is 11.3 Å². The van der Waals surface area contributed by atoms with Crippen LogP contribution < -0.4 is 5.32 Å². The molecule has 1 N–H and O–H groups in total. The van der Waals surface area contributed by atoms with Crippen molar-refractivity contribution in [2.24, 2.45) is 5.16 Å². The lowest BCUT2D eigenvalue weighted by Crippen LogP contribution is -2.19. The number of alkyl halides is 3. The molecule has 0 heterocycles. The molecule has 0 saturated carbocycles. The SMILES string of the molecule is CCCNCCON=C(CCCCOCCC)c1ccc(C(F)(F)F)cc1. The Balaban J connectivity index is 2.63. The third kappa shape index (κ3) is 10.3. The summed E-state index contributed by atoms with van der Waals surface area (Å²) >= 11 is 0. The molecule has 0 aliphatic carbocycles. The van der Waals surface area contributed by atoms with E-state index >= 15 is 0 Å². The van der Waals surface area contributed by atoms with Gasteiger partial charge in [0, 0.05) is 19.8 Å². The minimum Gasteiger partial charge on any atom is -0.394 e. The van der Waals surface area contributed by atoms with Gasteiger partial charge < -0.3 is 14.9 Å². The molecule has 0 fully saturated rings. The largest absolute Gasteiger partial charge is 0.416 e.